The fourth-order valence-electron chi connectivity index (χ4n) is 1.81. The summed E-state index contributed by atoms with van der Waals surface area (Å²) in [4.78, 5) is 0. The first kappa shape index (κ1) is 8.53. The van der Waals surface area contributed by atoms with E-state index >= 15 is 0 Å². The van der Waals surface area contributed by atoms with Gasteiger partial charge in [0.2, 0.25) is 0 Å². The molecule has 0 N–H and O–H groups in total. The summed E-state index contributed by atoms with van der Waals surface area (Å²) in [6.07, 6.45) is 3.07. The molecule has 60 valence electrons. The summed E-state index contributed by atoms with van der Waals surface area (Å²) in [7, 11) is -1.36. The Morgan fingerprint density at radius 2 is 1.00 bits per heavy atom. The van der Waals surface area contributed by atoms with Crippen LogP contribution in [-0.4, -0.2) is 15.2 Å². The number of hydrogen-bond donors (Lipinski definition) is 0. The first-order valence-corrected chi connectivity index (χ1v) is 11.9. The van der Waals surface area contributed by atoms with Crippen LogP contribution in [0, 0.1) is 0 Å². The average molecular weight is 172 g/mol. The van der Waals surface area contributed by atoms with Gasteiger partial charge in [-0.25, -0.2) is 0 Å². The Morgan fingerprint density at radius 3 is 1.20 bits per heavy atom. The fourth-order valence-corrected chi connectivity index (χ4v) is 10.6. The van der Waals surface area contributed by atoms with Gasteiger partial charge in [-0.05, 0) is 0 Å². The summed E-state index contributed by atoms with van der Waals surface area (Å²) in [5.41, 5.74) is 0. The minimum atomic E-state index is -0.679. The third-order valence-corrected chi connectivity index (χ3v) is 23.0. The van der Waals surface area contributed by atoms with E-state index in [9.17, 15) is 0 Å². The molecule has 0 aromatic rings. The van der Waals surface area contributed by atoms with Crippen molar-refractivity contribution in [1.29, 1.82) is 0 Å². The molecule has 1 rings (SSSR count). The maximum absolute atomic E-state index is 2.61. The van der Waals surface area contributed by atoms with Crippen LogP contribution in [-0.2, 0) is 0 Å². The van der Waals surface area contributed by atoms with Crippen molar-refractivity contribution >= 4 is 15.2 Å². The fraction of sp³-hybridized carbons (Fsp3) is 1.00. The molecular weight excluding hydrogens is 152 g/mol. The molecule has 0 aliphatic carbocycles. The third-order valence-electron chi connectivity index (χ3n) is 3.69. The zero-order valence-corrected chi connectivity index (χ0v) is 9.83. The monoisotopic (exact) mass is 172 g/mol. The summed E-state index contributed by atoms with van der Waals surface area (Å²) in [5, 5.41) is 0. The van der Waals surface area contributed by atoms with Gasteiger partial charge in [0.05, 0.1) is 0 Å². The molecule has 1 aliphatic rings. The Bertz CT molecular complexity index is 111. The van der Waals surface area contributed by atoms with Gasteiger partial charge in [0.25, 0.3) is 0 Å². The van der Waals surface area contributed by atoms with Crippen LogP contribution in [0.4, 0.5) is 0 Å². The highest BCUT2D eigenvalue weighted by Gasteiger charge is 2.41. The van der Waals surface area contributed by atoms with Crippen LogP contribution in [0.2, 0.25) is 38.3 Å². The molecule has 0 spiro atoms. The first-order chi connectivity index (χ1) is 4.46. The van der Waals surface area contributed by atoms with Gasteiger partial charge in [0, 0.05) is 15.2 Å². The molecule has 10 heavy (non-hydrogen) atoms. The Morgan fingerprint density at radius 1 is 0.700 bits per heavy atom. The van der Waals surface area contributed by atoms with Gasteiger partial charge in [-0.1, -0.05) is 51.1 Å². The Labute approximate surface area is 66.8 Å². The van der Waals surface area contributed by atoms with Crippen molar-refractivity contribution in [3.8, 4) is 0 Å². The van der Waals surface area contributed by atoms with Crippen molar-refractivity contribution in [2.45, 2.75) is 51.1 Å². The lowest BCUT2D eigenvalue weighted by Crippen LogP contribution is -2.56. The van der Waals surface area contributed by atoms with Gasteiger partial charge < -0.3 is 0 Å². The van der Waals surface area contributed by atoms with Crippen LogP contribution < -0.4 is 0 Å². The van der Waals surface area contributed by atoms with Gasteiger partial charge in [-0.2, -0.15) is 0 Å². The zero-order valence-electron chi connectivity index (χ0n) is 7.83. The molecule has 0 radical (unpaired) electrons. The van der Waals surface area contributed by atoms with Gasteiger partial charge in [0.15, 0.2) is 0 Å². The van der Waals surface area contributed by atoms with Gasteiger partial charge in [-0.3, -0.25) is 0 Å². The van der Waals surface area contributed by atoms with E-state index < -0.39 is 15.2 Å². The molecule has 1 saturated heterocycles. The van der Waals surface area contributed by atoms with E-state index in [0.717, 1.165) is 0 Å². The molecular formula is C8H20Si2. The van der Waals surface area contributed by atoms with Crippen LogP contribution in [0.5, 0.6) is 0 Å². The van der Waals surface area contributed by atoms with Crippen molar-refractivity contribution in [3.63, 3.8) is 0 Å². The van der Waals surface area contributed by atoms with E-state index in [0.29, 0.717) is 0 Å². The molecule has 0 aromatic carbocycles. The quantitative estimate of drug-likeness (QED) is 0.492. The molecule has 1 aliphatic heterocycles. The smallest absolute Gasteiger partial charge is 0.0412 e. The van der Waals surface area contributed by atoms with Crippen molar-refractivity contribution in [2.75, 3.05) is 0 Å². The van der Waals surface area contributed by atoms with E-state index in [1.165, 1.54) is 12.8 Å². The lowest BCUT2D eigenvalue weighted by Gasteiger charge is -2.42. The average Bonchev–Trinajstić information content (AvgIpc) is 1.77. The molecule has 0 atom stereocenters. The summed E-state index contributed by atoms with van der Waals surface area (Å²) >= 11 is 0. The maximum Gasteiger partial charge on any atom is 0.0412 e. The number of rotatable bonds is 0. The minimum absolute atomic E-state index is 0.679. The maximum atomic E-state index is 2.61. The third kappa shape index (κ3) is 1.37. The minimum Gasteiger partial charge on any atom is -0.0713 e. The predicted octanol–water partition coefficient (Wildman–Crippen LogP) is 3.28. The van der Waals surface area contributed by atoms with Crippen LogP contribution in [0.1, 0.15) is 12.8 Å². The second-order valence-electron chi connectivity index (χ2n) is 4.97. The SMILES string of the molecule is C[Si]1(C)CCCC[Si]1(C)C. The van der Waals surface area contributed by atoms with Crippen molar-refractivity contribution < 1.29 is 0 Å². The van der Waals surface area contributed by atoms with Crippen LogP contribution in [0.25, 0.3) is 0 Å². The first-order valence-electron chi connectivity index (χ1n) is 4.46. The van der Waals surface area contributed by atoms with E-state index in [1.807, 2.05) is 0 Å². The molecule has 0 saturated carbocycles. The van der Waals surface area contributed by atoms with Crippen LogP contribution >= 0.6 is 0 Å². The molecule has 0 amide bonds. The van der Waals surface area contributed by atoms with Gasteiger partial charge in [-0.15, -0.1) is 0 Å². The van der Waals surface area contributed by atoms with Gasteiger partial charge in [0.1, 0.15) is 0 Å². The van der Waals surface area contributed by atoms with E-state index in [-0.39, 0.29) is 0 Å². The zero-order chi connectivity index (χ0) is 7.83. The van der Waals surface area contributed by atoms with Crippen molar-refractivity contribution in [2.24, 2.45) is 0 Å². The highest BCUT2D eigenvalue weighted by atomic mass is 29.3. The van der Waals surface area contributed by atoms with Gasteiger partial charge >= 0.3 is 0 Å². The highest BCUT2D eigenvalue weighted by Crippen LogP contribution is 2.34. The topological polar surface area (TPSA) is 0 Å². The largest absolute Gasteiger partial charge is 0.0713 e. The van der Waals surface area contributed by atoms with E-state index in [4.69, 9.17) is 0 Å². The summed E-state index contributed by atoms with van der Waals surface area (Å²) in [5.74, 6) is 0. The molecule has 1 heterocycles. The molecule has 0 bridgehead atoms. The highest BCUT2D eigenvalue weighted by molar-refractivity contribution is 7.41. The molecule has 0 unspecified atom stereocenters. The molecule has 2 heteroatoms. The Hall–Kier alpha value is 0.434. The van der Waals surface area contributed by atoms with Crippen LogP contribution in [0.3, 0.4) is 0 Å². The number of hydrogen-bond acceptors (Lipinski definition) is 0. The summed E-state index contributed by atoms with van der Waals surface area (Å²) in [6.45, 7) is 10.4. The second-order valence-corrected chi connectivity index (χ2v) is 21.6. The Balaban J connectivity index is 2.70. The summed E-state index contributed by atoms with van der Waals surface area (Å²) < 4.78 is 0. The van der Waals surface area contributed by atoms with E-state index in [2.05, 4.69) is 26.2 Å². The molecule has 0 nitrogen and oxygen atoms in total. The van der Waals surface area contributed by atoms with Crippen molar-refractivity contribution in [3.05, 3.63) is 0 Å². The van der Waals surface area contributed by atoms with Crippen molar-refractivity contribution in [1.82, 2.24) is 0 Å². The standard InChI is InChI=1S/C8H20Si2/c1-9(2)7-5-6-8-10(9,3)4/h5-8H2,1-4H3. The Kier molecular flexibility index (Phi) is 2.12. The predicted molar refractivity (Wildman–Crippen MR) is 53.8 cm³/mol. The van der Waals surface area contributed by atoms with Crippen LogP contribution in [0.15, 0.2) is 0 Å². The summed E-state index contributed by atoms with van der Waals surface area (Å²) in [6, 6.07) is 3.23. The lowest BCUT2D eigenvalue weighted by molar-refractivity contribution is 0.839. The molecule has 1 fully saturated rings. The van der Waals surface area contributed by atoms with E-state index in [1.54, 1.807) is 12.1 Å². The lowest BCUT2D eigenvalue weighted by atomic mass is 10.4. The second kappa shape index (κ2) is 2.48. The normalized spacial score (nSPS) is 30.0. The molecule has 0 aromatic heterocycles.